The van der Waals surface area contributed by atoms with Crippen molar-refractivity contribution in [3.8, 4) is 0 Å². The van der Waals surface area contributed by atoms with Gasteiger partial charge in [-0.1, -0.05) is 20.4 Å². The molecular formula is C14H29N3O. The fraction of sp³-hybridized carbons (Fsp3) is 0.786. The highest BCUT2D eigenvalue weighted by Crippen LogP contribution is 2.18. The molecule has 1 amide bonds. The van der Waals surface area contributed by atoms with Crippen LogP contribution in [0.2, 0.25) is 0 Å². The maximum absolute atomic E-state index is 12.4. The molecule has 0 radical (unpaired) electrons. The predicted octanol–water partition coefficient (Wildman–Crippen LogP) is 1.99. The topological polar surface area (TPSA) is 26.8 Å². The van der Waals surface area contributed by atoms with E-state index in [2.05, 4.69) is 30.2 Å². The average Bonchev–Trinajstić information content (AvgIpc) is 2.26. The summed E-state index contributed by atoms with van der Waals surface area (Å²) in [5.41, 5.74) is 0.593. The van der Waals surface area contributed by atoms with Crippen molar-refractivity contribution in [2.45, 2.75) is 45.9 Å². The Bertz CT molecular complexity index is 271. The van der Waals surface area contributed by atoms with E-state index in [0.29, 0.717) is 5.57 Å². The van der Waals surface area contributed by atoms with Gasteiger partial charge in [-0.2, -0.15) is 0 Å². The van der Waals surface area contributed by atoms with Crippen molar-refractivity contribution in [2.75, 3.05) is 28.2 Å². The molecule has 18 heavy (non-hydrogen) atoms. The first-order chi connectivity index (χ1) is 8.27. The minimum absolute atomic E-state index is 0.0381. The summed E-state index contributed by atoms with van der Waals surface area (Å²) in [7, 11) is 8.04. The van der Waals surface area contributed by atoms with Crippen LogP contribution in [-0.2, 0) is 4.79 Å². The number of carbonyl (C=O) groups is 1. The molecule has 0 heterocycles. The van der Waals surface area contributed by atoms with Gasteiger partial charge in [-0.15, -0.1) is 0 Å². The molecule has 2 atom stereocenters. The fourth-order valence-corrected chi connectivity index (χ4v) is 2.31. The third kappa shape index (κ3) is 4.10. The highest BCUT2D eigenvalue weighted by molar-refractivity contribution is 5.92. The summed E-state index contributed by atoms with van der Waals surface area (Å²) < 4.78 is 0. The third-order valence-electron chi connectivity index (χ3n) is 3.16. The number of rotatable bonds is 7. The minimum Gasteiger partial charge on any atom is -0.308 e. The van der Waals surface area contributed by atoms with E-state index in [0.717, 1.165) is 12.8 Å². The van der Waals surface area contributed by atoms with Gasteiger partial charge >= 0.3 is 0 Å². The van der Waals surface area contributed by atoms with Crippen LogP contribution in [0.1, 0.15) is 33.6 Å². The largest absolute Gasteiger partial charge is 0.308 e. The molecule has 106 valence electrons. The lowest BCUT2D eigenvalue weighted by molar-refractivity contribution is -0.141. The van der Waals surface area contributed by atoms with Crippen LogP contribution in [-0.4, -0.2) is 61.1 Å². The maximum Gasteiger partial charge on any atom is 0.251 e. The second kappa shape index (κ2) is 7.54. The molecule has 0 aromatic rings. The summed E-state index contributed by atoms with van der Waals surface area (Å²) in [5, 5.41) is 0. The van der Waals surface area contributed by atoms with Crippen molar-refractivity contribution in [3.05, 3.63) is 12.2 Å². The van der Waals surface area contributed by atoms with E-state index in [9.17, 15) is 4.79 Å². The van der Waals surface area contributed by atoms with Crippen LogP contribution in [0.5, 0.6) is 0 Å². The van der Waals surface area contributed by atoms with Crippen LogP contribution >= 0.6 is 0 Å². The summed E-state index contributed by atoms with van der Waals surface area (Å²) >= 11 is 0. The average molecular weight is 255 g/mol. The molecule has 0 spiro atoms. The quantitative estimate of drug-likeness (QED) is 0.514. The van der Waals surface area contributed by atoms with E-state index in [1.165, 1.54) is 0 Å². The molecule has 0 rings (SSSR count). The van der Waals surface area contributed by atoms with Crippen molar-refractivity contribution >= 4 is 5.91 Å². The molecule has 0 aromatic heterocycles. The SMILES string of the molecule is C=C(C)C(=O)N(C(CC)N(C)C)C(CC)N(C)C. The molecule has 0 N–H and O–H groups in total. The maximum atomic E-state index is 12.4. The van der Waals surface area contributed by atoms with Crippen molar-refractivity contribution in [2.24, 2.45) is 0 Å². The third-order valence-corrected chi connectivity index (χ3v) is 3.16. The van der Waals surface area contributed by atoms with E-state index in [-0.39, 0.29) is 18.2 Å². The molecule has 4 nitrogen and oxygen atoms in total. The molecule has 0 fully saturated rings. The Morgan fingerprint density at radius 1 is 1.00 bits per heavy atom. The zero-order chi connectivity index (χ0) is 14.5. The van der Waals surface area contributed by atoms with Gasteiger partial charge in [0.1, 0.15) is 0 Å². The number of carbonyl (C=O) groups excluding carboxylic acids is 1. The van der Waals surface area contributed by atoms with Gasteiger partial charge in [-0.3, -0.25) is 14.6 Å². The summed E-state index contributed by atoms with van der Waals surface area (Å²) in [6.45, 7) is 9.78. The fourth-order valence-electron chi connectivity index (χ4n) is 2.31. The Kier molecular flexibility index (Phi) is 7.18. The van der Waals surface area contributed by atoms with Crippen LogP contribution in [0.15, 0.2) is 12.2 Å². The highest BCUT2D eigenvalue weighted by Gasteiger charge is 2.31. The normalized spacial score (nSPS) is 14.7. The lowest BCUT2D eigenvalue weighted by Crippen LogP contribution is -2.57. The monoisotopic (exact) mass is 255 g/mol. The van der Waals surface area contributed by atoms with Gasteiger partial charge in [0.05, 0.1) is 12.3 Å². The number of hydrogen-bond donors (Lipinski definition) is 0. The summed E-state index contributed by atoms with van der Waals surface area (Å²) in [5.74, 6) is 0.0381. The zero-order valence-corrected chi connectivity index (χ0v) is 13.0. The predicted molar refractivity (Wildman–Crippen MR) is 77.2 cm³/mol. The standard InChI is InChI=1S/C14H29N3O/c1-9-12(15(5)6)17(14(18)11(3)4)13(10-2)16(7)8/h12-13H,3,9-10H2,1-2,4-8H3. The number of nitrogens with zero attached hydrogens (tertiary/aromatic N) is 3. The Morgan fingerprint density at radius 2 is 1.33 bits per heavy atom. The lowest BCUT2D eigenvalue weighted by Gasteiger charge is -2.43. The Hall–Kier alpha value is -0.870. The lowest BCUT2D eigenvalue weighted by atomic mass is 10.1. The summed E-state index contributed by atoms with van der Waals surface area (Å²) in [6.07, 6.45) is 2.00. The molecule has 2 unspecified atom stereocenters. The Balaban J connectivity index is 5.39. The van der Waals surface area contributed by atoms with Gasteiger partial charge < -0.3 is 4.90 Å². The molecular weight excluding hydrogens is 226 g/mol. The molecule has 0 saturated carbocycles. The highest BCUT2D eigenvalue weighted by atomic mass is 16.2. The van der Waals surface area contributed by atoms with E-state index in [1.54, 1.807) is 6.92 Å². The van der Waals surface area contributed by atoms with E-state index < -0.39 is 0 Å². The van der Waals surface area contributed by atoms with Crippen LogP contribution < -0.4 is 0 Å². The zero-order valence-electron chi connectivity index (χ0n) is 13.0. The Morgan fingerprint density at radius 3 is 1.50 bits per heavy atom. The van der Waals surface area contributed by atoms with Crippen LogP contribution in [0.25, 0.3) is 0 Å². The molecule has 0 aliphatic rings. The molecule has 0 saturated heterocycles. The summed E-state index contributed by atoms with van der Waals surface area (Å²) in [6, 6.07) is 0. The number of amides is 1. The first-order valence-corrected chi connectivity index (χ1v) is 6.58. The van der Waals surface area contributed by atoms with E-state index in [1.807, 2.05) is 33.1 Å². The van der Waals surface area contributed by atoms with Gasteiger partial charge in [0, 0.05) is 5.57 Å². The minimum atomic E-state index is 0.0381. The van der Waals surface area contributed by atoms with Crippen LogP contribution in [0, 0.1) is 0 Å². The molecule has 0 aliphatic carbocycles. The van der Waals surface area contributed by atoms with E-state index >= 15 is 0 Å². The van der Waals surface area contributed by atoms with Gasteiger partial charge in [-0.05, 0) is 48.0 Å². The molecule has 0 bridgehead atoms. The second-order valence-corrected chi connectivity index (χ2v) is 5.20. The number of hydrogen-bond acceptors (Lipinski definition) is 3. The first-order valence-electron chi connectivity index (χ1n) is 6.58. The second-order valence-electron chi connectivity index (χ2n) is 5.20. The Labute approximate surface area is 112 Å². The smallest absolute Gasteiger partial charge is 0.251 e. The van der Waals surface area contributed by atoms with Crippen molar-refractivity contribution in [1.29, 1.82) is 0 Å². The summed E-state index contributed by atoms with van der Waals surface area (Å²) in [4.78, 5) is 18.6. The van der Waals surface area contributed by atoms with Gasteiger partial charge in [-0.25, -0.2) is 0 Å². The van der Waals surface area contributed by atoms with Crippen molar-refractivity contribution < 1.29 is 4.79 Å². The molecule has 0 aromatic carbocycles. The molecule has 4 heteroatoms. The van der Waals surface area contributed by atoms with Gasteiger partial charge in [0.15, 0.2) is 0 Å². The molecule has 0 aliphatic heterocycles. The van der Waals surface area contributed by atoms with Crippen LogP contribution in [0.3, 0.4) is 0 Å². The van der Waals surface area contributed by atoms with E-state index in [4.69, 9.17) is 0 Å². The van der Waals surface area contributed by atoms with Gasteiger partial charge in [0.25, 0.3) is 5.91 Å². The van der Waals surface area contributed by atoms with Gasteiger partial charge in [0.2, 0.25) is 0 Å². The van der Waals surface area contributed by atoms with Crippen LogP contribution in [0.4, 0.5) is 0 Å². The van der Waals surface area contributed by atoms with Crippen molar-refractivity contribution in [1.82, 2.24) is 14.7 Å². The van der Waals surface area contributed by atoms with Crippen molar-refractivity contribution in [3.63, 3.8) is 0 Å². The first kappa shape index (κ1) is 17.1.